The zero-order chi connectivity index (χ0) is 10.1. The standard InChI is InChI=1S/C7H6N6S/c1-14-7-11-5-4(2-8)3-10-13(5)6(9)12-7/h3H,1H3,(H2,9,11,12). The summed E-state index contributed by atoms with van der Waals surface area (Å²) in [5.74, 6) is 0.237. The third-order valence-corrected chi connectivity index (χ3v) is 2.22. The number of fused-ring (bicyclic) bond motifs is 1. The topological polar surface area (TPSA) is 92.9 Å². The van der Waals surface area contributed by atoms with Gasteiger partial charge in [-0.1, -0.05) is 11.8 Å². The molecule has 0 atom stereocenters. The van der Waals surface area contributed by atoms with Crippen molar-refractivity contribution in [3.8, 4) is 6.07 Å². The highest BCUT2D eigenvalue weighted by molar-refractivity contribution is 7.98. The van der Waals surface area contributed by atoms with Crippen molar-refractivity contribution >= 4 is 23.4 Å². The van der Waals surface area contributed by atoms with Crippen molar-refractivity contribution < 1.29 is 0 Å². The summed E-state index contributed by atoms with van der Waals surface area (Å²) in [5, 5.41) is 13.2. The van der Waals surface area contributed by atoms with Crippen LogP contribution in [0.1, 0.15) is 5.56 Å². The minimum atomic E-state index is 0.237. The van der Waals surface area contributed by atoms with Crippen LogP contribution in [0.5, 0.6) is 0 Å². The van der Waals surface area contributed by atoms with E-state index in [0.29, 0.717) is 16.4 Å². The van der Waals surface area contributed by atoms with Gasteiger partial charge in [0.05, 0.1) is 6.20 Å². The van der Waals surface area contributed by atoms with Gasteiger partial charge in [-0.2, -0.15) is 19.9 Å². The second-order valence-electron chi connectivity index (χ2n) is 2.47. The number of nitrogen functional groups attached to an aromatic ring is 1. The van der Waals surface area contributed by atoms with Crippen molar-refractivity contribution in [2.24, 2.45) is 0 Å². The lowest BCUT2D eigenvalue weighted by molar-refractivity contribution is 0.852. The smallest absolute Gasteiger partial charge is 0.225 e. The fourth-order valence-electron chi connectivity index (χ4n) is 1.05. The normalized spacial score (nSPS) is 10.3. The quantitative estimate of drug-likeness (QED) is 0.674. The van der Waals surface area contributed by atoms with Crippen molar-refractivity contribution in [2.45, 2.75) is 5.16 Å². The Morgan fingerprint density at radius 1 is 1.57 bits per heavy atom. The van der Waals surface area contributed by atoms with Gasteiger partial charge in [0, 0.05) is 0 Å². The van der Waals surface area contributed by atoms with Crippen LogP contribution in [0, 0.1) is 11.3 Å². The van der Waals surface area contributed by atoms with Gasteiger partial charge in [-0.3, -0.25) is 0 Å². The average molecular weight is 206 g/mol. The Labute approximate surface area is 83.8 Å². The number of rotatable bonds is 1. The maximum atomic E-state index is 8.77. The third-order valence-electron chi connectivity index (χ3n) is 1.68. The molecule has 7 heteroatoms. The Morgan fingerprint density at radius 2 is 2.36 bits per heavy atom. The molecule has 0 aliphatic carbocycles. The van der Waals surface area contributed by atoms with E-state index < -0.39 is 0 Å². The van der Waals surface area contributed by atoms with E-state index in [1.165, 1.54) is 22.5 Å². The molecule has 0 saturated carbocycles. The largest absolute Gasteiger partial charge is 0.368 e. The van der Waals surface area contributed by atoms with Gasteiger partial charge in [-0.05, 0) is 6.26 Å². The summed E-state index contributed by atoms with van der Waals surface area (Å²) in [7, 11) is 0. The molecule has 2 aromatic rings. The molecule has 0 unspecified atom stereocenters. The van der Waals surface area contributed by atoms with E-state index in [9.17, 15) is 0 Å². The molecule has 2 aromatic heterocycles. The minimum Gasteiger partial charge on any atom is -0.368 e. The highest BCUT2D eigenvalue weighted by Gasteiger charge is 2.09. The van der Waals surface area contributed by atoms with E-state index >= 15 is 0 Å². The van der Waals surface area contributed by atoms with Gasteiger partial charge in [-0.15, -0.1) is 0 Å². The average Bonchev–Trinajstić information content (AvgIpc) is 2.61. The van der Waals surface area contributed by atoms with Crippen molar-refractivity contribution in [3.63, 3.8) is 0 Å². The minimum absolute atomic E-state index is 0.237. The van der Waals surface area contributed by atoms with Crippen molar-refractivity contribution in [1.82, 2.24) is 19.6 Å². The fraction of sp³-hybridized carbons (Fsp3) is 0.143. The molecule has 0 aliphatic rings. The number of aromatic nitrogens is 4. The van der Waals surface area contributed by atoms with Crippen LogP contribution in [0.2, 0.25) is 0 Å². The highest BCUT2D eigenvalue weighted by Crippen LogP contribution is 2.15. The summed E-state index contributed by atoms with van der Waals surface area (Å²) < 4.78 is 1.35. The fourth-order valence-corrected chi connectivity index (χ4v) is 1.41. The van der Waals surface area contributed by atoms with Crippen molar-refractivity contribution in [3.05, 3.63) is 11.8 Å². The molecule has 0 bridgehead atoms. The van der Waals surface area contributed by atoms with E-state index in [-0.39, 0.29) is 5.95 Å². The van der Waals surface area contributed by atoms with E-state index in [1.54, 1.807) is 0 Å². The Morgan fingerprint density at radius 3 is 3.00 bits per heavy atom. The molecule has 6 nitrogen and oxygen atoms in total. The van der Waals surface area contributed by atoms with Crippen molar-refractivity contribution in [2.75, 3.05) is 12.0 Å². The first-order chi connectivity index (χ1) is 6.76. The Kier molecular flexibility index (Phi) is 1.98. The molecule has 2 N–H and O–H groups in total. The molecular formula is C7H6N6S. The molecule has 0 spiro atoms. The molecule has 0 fully saturated rings. The lowest BCUT2D eigenvalue weighted by Crippen LogP contribution is -2.04. The van der Waals surface area contributed by atoms with Gasteiger partial charge in [0.15, 0.2) is 10.8 Å². The van der Waals surface area contributed by atoms with Crippen molar-refractivity contribution in [1.29, 1.82) is 5.26 Å². The van der Waals surface area contributed by atoms with Crippen LogP contribution < -0.4 is 5.73 Å². The van der Waals surface area contributed by atoms with Gasteiger partial charge in [0.25, 0.3) is 0 Å². The molecule has 0 radical (unpaired) electrons. The van der Waals surface area contributed by atoms with Gasteiger partial charge in [0.1, 0.15) is 11.6 Å². The van der Waals surface area contributed by atoms with Crippen LogP contribution >= 0.6 is 11.8 Å². The number of hydrogen-bond donors (Lipinski definition) is 1. The van der Waals surface area contributed by atoms with Gasteiger partial charge in [0.2, 0.25) is 5.95 Å². The molecule has 2 heterocycles. The predicted molar refractivity (Wildman–Crippen MR) is 51.7 cm³/mol. The molecule has 0 saturated heterocycles. The molecule has 0 amide bonds. The lowest BCUT2D eigenvalue weighted by atomic mass is 10.4. The second-order valence-corrected chi connectivity index (χ2v) is 3.25. The number of thioether (sulfide) groups is 1. The number of hydrogen-bond acceptors (Lipinski definition) is 6. The third kappa shape index (κ3) is 1.16. The molecule has 0 aromatic carbocycles. The number of anilines is 1. The van der Waals surface area contributed by atoms with E-state index in [0.717, 1.165) is 0 Å². The van der Waals surface area contributed by atoms with Crippen LogP contribution in [0.25, 0.3) is 5.65 Å². The Hall–Kier alpha value is -1.81. The summed E-state index contributed by atoms with van der Waals surface area (Å²) in [4.78, 5) is 8.12. The SMILES string of the molecule is CSc1nc(N)n2ncc(C#N)c2n1. The molecule has 0 aliphatic heterocycles. The van der Waals surface area contributed by atoms with Crippen LogP contribution in [0.4, 0.5) is 5.95 Å². The number of nitrogens with zero attached hydrogens (tertiary/aromatic N) is 5. The van der Waals surface area contributed by atoms with Crippen LogP contribution in [0.3, 0.4) is 0 Å². The summed E-state index contributed by atoms with van der Waals surface area (Å²) in [6.45, 7) is 0. The van der Waals surface area contributed by atoms with Gasteiger partial charge >= 0.3 is 0 Å². The molecular weight excluding hydrogens is 200 g/mol. The van der Waals surface area contributed by atoms with E-state index in [2.05, 4.69) is 15.1 Å². The molecule has 2 rings (SSSR count). The maximum absolute atomic E-state index is 8.77. The van der Waals surface area contributed by atoms with E-state index in [4.69, 9.17) is 11.0 Å². The second kappa shape index (κ2) is 3.16. The Bertz CT molecular complexity index is 525. The zero-order valence-electron chi connectivity index (χ0n) is 7.30. The molecule has 70 valence electrons. The lowest BCUT2D eigenvalue weighted by Gasteiger charge is -1.99. The summed E-state index contributed by atoms with van der Waals surface area (Å²) in [6, 6.07) is 1.99. The van der Waals surface area contributed by atoms with Crippen LogP contribution in [-0.2, 0) is 0 Å². The summed E-state index contributed by atoms with van der Waals surface area (Å²) in [6.07, 6.45) is 3.26. The zero-order valence-corrected chi connectivity index (χ0v) is 8.12. The summed E-state index contributed by atoms with van der Waals surface area (Å²) in [5.41, 5.74) is 6.47. The van der Waals surface area contributed by atoms with Crippen LogP contribution in [-0.4, -0.2) is 25.8 Å². The first-order valence-electron chi connectivity index (χ1n) is 3.71. The first kappa shape index (κ1) is 8.77. The van der Waals surface area contributed by atoms with Crippen LogP contribution in [0.15, 0.2) is 11.4 Å². The maximum Gasteiger partial charge on any atom is 0.225 e. The van der Waals surface area contributed by atoms with E-state index in [1.807, 2.05) is 12.3 Å². The first-order valence-corrected chi connectivity index (χ1v) is 4.94. The highest BCUT2D eigenvalue weighted by atomic mass is 32.2. The number of nitrogens with two attached hydrogens (primary N) is 1. The van der Waals surface area contributed by atoms with Gasteiger partial charge < -0.3 is 5.73 Å². The predicted octanol–water partition coefficient (Wildman–Crippen LogP) is 0.300. The van der Waals surface area contributed by atoms with Gasteiger partial charge in [-0.25, -0.2) is 4.98 Å². The summed E-state index contributed by atoms with van der Waals surface area (Å²) >= 11 is 1.37. The molecule has 14 heavy (non-hydrogen) atoms. The monoisotopic (exact) mass is 206 g/mol. The number of nitriles is 1. The Balaban J connectivity index is 2.82.